The zero-order valence-corrected chi connectivity index (χ0v) is 10.2. The first-order valence-electron chi connectivity index (χ1n) is 5.85. The second-order valence-electron chi connectivity index (χ2n) is 4.41. The Bertz CT molecular complexity index is 439. The van der Waals surface area contributed by atoms with Crippen molar-refractivity contribution < 1.29 is 9.53 Å². The summed E-state index contributed by atoms with van der Waals surface area (Å²) in [6.07, 6.45) is 2.57. The molecule has 0 amide bonds. The molecule has 3 nitrogen and oxygen atoms in total. The molecule has 0 fully saturated rings. The number of ether oxygens (including phenoxy) is 1. The van der Waals surface area contributed by atoms with Crippen molar-refractivity contribution in [2.75, 3.05) is 6.61 Å². The lowest BCUT2D eigenvalue weighted by Crippen LogP contribution is -2.45. The Hall–Kier alpha value is -1.77. The maximum atomic E-state index is 11.8. The SMILES string of the molecule is CCOC(=O)C1(C)CC(c2ccccc2)=CN1. The average Bonchev–Trinajstić information content (AvgIpc) is 2.75. The van der Waals surface area contributed by atoms with E-state index >= 15 is 0 Å². The van der Waals surface area contributed by atoms with Crippen LogP contribution in [0.25, 0.3) is 5.57 Å². The molecule has 90 valence electrons. The zero-order valence-electron chi connectivity index (χ0n) is 10.2. The highest BCUT2D eigenvalue weighted by Gasteiger charge is 2.38. The molecule has 0 aromatic heterocycles. The molecule has 1 unspecified atom stereocenters. The minimum Gasteiger partial charge on any atom is -0.464 e. The first-order valence-corrected chi connectivity index (χ1v) is 5.85. The number of hydrogen-bond acceptors (Lipinski definition) is 3. The van der Waals surface area contributed by atoms with Crippen LogP contribution in [0.3, 0.4) is 0 Å². The largest absolute Gasteiger partial charge is 0.464 e. The van der Waals surface area contributed by atoms with Crippen LogP contribution in [0.2, 0.25) is 0 Å². The van der Waals surface area contributed by atoms with Crippen LogP contribution in [0.1, 0.15) is 25.8 Å². The van der Waals surface area contributed by atoms with Gasteiger partial charge in [-0.1, -0.05) is 30.3 Å². The van der Waals surface area contributed by atoms with Gasteiger partial charge >= 0.3 is 5.97 Å². The van der Waals surface area contributed by atoms with Gasteiger partial charge in [0.15, 0.2) is 0 Å². The molecule has 0 aliphatic carbocycles. The van der Waals surface area contributed by atoms with Crippen molar-refractivity contribution in [2.45, 2.75) is 25.8 Å². The monoisotopic (exact) mass is 231 g/mol. The zero-order chi connectivity index (χ0) is 12.3. The lowest BCUT2D eigenvalue weighted by Gasteiger charge is -2.22. The molecular weight excluding hydrogens is 214 g/mol. The standard InChI is InChI=1S/C14H17NO2/c1-3-17-13(16)14(2)9-12(10-15-14)11-7-5-4-6-8-11/h4-8,10,15H,3,9H2,1-2H3. The van der Waals surface area contributed by atoms with E-state index in [9.17, 15) is 4.79 Å². The second-order valence-corrected chi connectivity index (χ2v) is 4.41. The summed E-state index contributed by atoms with van der Waals surface area (Å²) in [6.45, 7) is 4.11. The molecule has 1 atom stereocenters. The molecule has 1 aliphatic rings. The van der Waals surface area contributed by atoms with Crippen LogP contribution in [0.4, 0.5) is 0 Å². The molecule has 1 aromatic rings. The fourth-order valence-corrected chi connectivity index (χ4v) is 1.99. The fraction of sp³-hybridized carbons (Fsp3) is 0.357. The van der Waals surface area contributed by atoms with Crippen LogP contribution in [0.5, 0.6) is 0 Å². The van der Waals surface area contributed by atoms with Crippen molar-refractivity contribution in [3.63, 3.8) is 0 Å². The van der Waals surface area contributed by atoms with Crippen molar-refractivity contribution in [2.24, 2.45) is 0 Å². The van der Waals surface area contributed by atoms with Crippen molar-refractivity contribution in [3.05, 3.63) is 42.1 Å². The van der Waals surface area contributed by atoms with E-state index in [4.69, 9.17) is 4.74 Å². The Morgan fingerprint density at radius 3 is 2.76 bits per heavy atom. The van der Waals surface area contributed by atoms with Crippen molar-refractivity contribution in [1.82, 2.24) is 5.32 Å². The number of rotatable bonds is 3. The molecule has 2 rings (SSSR count). The van der Waals surface area contributed by atoms with Gasteiger partial charge in [-0.3, -0.25) is 0 Å². The highest BCUT2D eigenvalue weighted by molar-refractivity contribution is 5.86. The third-order valence-corrected chi connectivity index (χ3v) is 2.98. The quantitative estimate of drug-likeness (QED) is 0.811. The van der Waals surface area contributed by atoms with Crippen LogP contribution < -0.4 is 5.32 Å². The van der Waals surface area contributed by atoms with Gasteiger partial charge in [0.1, 0.15) is 5.54 Å². The molecule has 0 saturated heterocycles. The summed E-state index contributed by atoms with van der Waals surface area (Å²) in [7, 11) is 0. The van der Waals surface area contributed by atoms with Crippen molar-refractivity contribution in [3.8, 4) is 0 Å². The first kappa shape index (κ1) is 11.7. The van der Waals surface area contributed by atoms with Crippen molar-refractivity contribution >= 4 is 11.5 Å². The molecule has 0 spiro atoms. The third kappa shape index (κ3) is 2.33. The van der Waals surface area contributed by atoms with Crippen LogP contribution in [-0.2, 0) is 9.53 Å². The van der Waals surface area contributed by atoms with Gasteiger partial charge in [-0.25, -0.2) is 4.79 Å². The van der Waals surface area contributed by atoms with E-state index in [1.165, 1.54) is 0 Å². The summed E-state index contributed by atoms with van der Waals surface area (Å²) in [5.74, 6) is -0.192. The van der Waals surface area contributed by atoms with E-state index in [0.29, 0.717) is 13.0 Å². The lowest BCUT2D eigenvalue weighted by molar-refractivity contribution is -0.149. The van der Waals surface area contributed by atoms with Crippen LogP contribution >= 0.6 is 0 Å². The minimum absolute atomic E-state index is 0.192. The Morgan fingerprint density at radius 1 is 1.41 bits per heavy atom. The highest BCUT2D eigenvalue weighted by atomic mass is 16.5. The van der Waals surface area contributed by atoms with Gasteiger partial charge in [-0.15, -0.1) is 0 Å². The molecule has 17 heavy (non-hydrogen) atoms. The summed E-state index contributed by atoms with van der Waals surface area (Å²) in [4.78, 5) is 11.8. The van der Waals surface area contributed by atoms with Gasteiger partial charge in [0.05, 0.1) is 6.61 Å². The van der Waals surface area contributed by atoms with E-state index in [2.05, 4.69) is 5.32 Å². The van der Waals surface area contributed by atoms with Gasteiger partial charge in [0, 0.05) is 12.6 Å². The molecule has 0 radical (unpaired) electrons. The Morgan fingerprint density at radius 2 is 2.12 bits per heavy atom. The van der Waals surface area contributed by atoms with E-state index in [-0.39, 0.29) is 5.97 Å². The average molecular weight is 231 g/mol. The predicted octanol–water partition coefficient (Wildman–Crippen LogP) is 2.34. The van der Waals surface area contributed by atoms with Crippen LogP contribution in [0.15, 0.2) is 36.5 Å². The lowest BCUT2D eigenvalue weighted by atomic mass is 9.93. The normalized spacial score (nSPS) is 22.8. The predicted molar refractivity (Wildman–Crippen MR) is 67.2 cm³/mol. The summed E-state index contributed by atoms with van der Waals surface area (Å²) >= 11 is 0. The van der Waals surface area contributed by atoms with Gasteiger partial charge < -0.3 is 10.1 Å². The molecular formula is C14H17NO2. The fourth-order valence-electron chi connectivity index (χ4n) is 1.99. The number of nitrogens with one attached hydrogen (secondary N) is 1. The van der Waals surface area contributed by atoms with Gasteiger partial charge in [-0.05, 0) is 25.0 Å². The second kappa shape index (κ2) is 4.62. The van der Waals surface area contributed by atoms with Gasteiger partial charge in [0.25, 0.3) is 0 Å². The Labute approximate surface area is 101 Å². The highest BCUT2D eigenvalue weighted by Crippen LogP contribution is 2.30. The Balaban J connectivity index is 2.11. The third-order valence-electron chi connectivity index (χ3n) is 2.98. The number of esters is 1. The Kier molecular flexibility index (Phi) is 3.18. The number of carbonyl (C=O) groups is 1. The molecule has 0 saturated carbocycles. The molecule has 0 bridgehead atoms. The summed E-state index contributed by atoms with van der Waals surface area (Å²) in [5, 5.41) is 3.13. The maximum Gasteiger partial charge on any atom is 0.331 e. The summed E-state index contributed by atoms with van der Waals surface area (Å²) < 4.78 is 5.08. The van der Waals surface area contributed by atoms with Crippen LogP contribution in [-0.4, -0.2) is 18.1 Å². The molecule has 1 aromatic carbocycles. The van der Waals surface area contributed by atoms with Crippen molar-refractivity contribution in [1.29, 1.82) is 0 Å². The molecule has 1 aliphatic heterocycles. The van der Waals surface area contributed by atoms with E-state index < -0.39 is 5.54 Å². The summed E-state index contributed by atoms with van der Waals surface area (Å²) in [5.41, 5.74) is 1.66. The van der Waals surface area contributed by atoms with E-state index in [0.717, 1.165) is 11.1 Å². The minimum atomic E-state index is -0.624. The number of carbonyl (C=O) groups excluding carboxylic acids is 1. The first-order chi connectivity index (χ1) is 8.15. The van der Waals surface area contributed by atoms with E-state index in [1.54, 1.807) is 0 Å². The van der Waals surface area contributed by atoms with Gasteiger partial charge in [0.2, 0.25) is 0 Å². The maximum absolute atomic E-state index is 11.8. The number of benzene rings is 1. The molecule has 1 N–H and O–H groups in total. The van der Waals surface area contributed by atoms with E-state index in [1.807, 2.05) is 50.4 Å². The van der Waals surface area contributed by atoms with Gasteiger partial charge in [-0.2, -0.15) is 0 Å². The molecule has 1 heterocycles. The number of hydrogen-bond donors (Lipinski definition) is 1. The summed E-state index contributed by atoms with van der Waals surface area (Å²) in [6, 6.07) is 10.1. The molecule has 3 heteroatoms. The smallest absolute Gasteiger partial charge is 0.331 e. The van der Waals surface area contributed by atoms with Crippen LogP contribution in [0, 0.1) is 0 Å². The topological polar surface area (TPSA) is 38.3 Å².